The summed E-state index contributed by atoms with van der Waals surface area (Å²) in [4.78, 5) is 0. The van der Waals surface area contributed by atoms with Gasteiger partial charge >= 0.3 is 118 Å². The number of hydrogen-bond donors (Lipinski definition) is 0. The van der Waals surface area contributed by atoms with Crippen LogP contribution in [0.1, 0.15) is 38.5 Å². The standard InChI is InChI=1S/C10H20Br2Se2/c11-7-3-1-5-9-13-14-10-6-2-4-8-12/h1-10H2. The predicted molar refractivity (Wildman–Crippen MR) is 76.4 cm³/mol. The second kappa shape index (κ2) is 15.0. The van der Waals surface area contributed by atoms with Crippen LogP contribution in [0.15, 0.2) is 0 Å². The third-order valence-electron chi connectivity index (χ3n) is 1.81. The summed E-state index contributed by atoms with van der Waals surface area (Å²) in [6.45, 7) is 0. The summed E-state index contributed by atoms with van der Waals surface area (Å²) in [5.74, 6) is 0. The Morgan fingerprint density at radius 2 is 1.00 bits per heavy atom. The maximum atomic E-state index is 3.47. The molecule has 0 rings (SSSR count). The summed E-state index contributed by atoms with van der Waals surface area (Å²) < 4.78 is 0. The first-order valence-corrected chi connectivity index (χ1v) is 14.3. The van der Waals surface area contributed by atoms with Crippen molar-refractivity contribution in [1.82, 2.24) is 0 Å². The SMILES string of the molecule is BrCCCCC[Se][Se]CCCCCBr. The molecule has 0 saturated carbocycles. The fourth-order valence-electron chi connectivity index (χ4n) is 0.982. The van der Waals surface area contributed by atoms with E-state index in [-0.39, 0.29) is 0 Å². The van der Waals surface area contributed by atoms with E-state index in [1.807, 2.05) is 0 Å². The van der Waals surface area contributed by atoms with Crippen LogP contribution in [-0.2, 0) is 0 Å². The third-order valence-corrected chi connectivity index (χ3v) is 10.6. The van der Waals surface area contributed by atoms with Gasteiger partial charge in [-0.2, -0.15) is 0 Å². The van der Waals surface area contributed by atoms with Crippen molar-refractivity contribution < 1.29 is 0 Å². The maximum absolute atomic E-state index is 3.47. The van der Waals surface area contributed by atoms with E-state index in [1.54, 1.807) is 10.6 Å². The molecule has 4 heteroatoms. The average Bonchev–Trinajstić information content (AvgIpc) is 2.21. The molecule has 0 N–H and O–H groups in total. The Morgan fingerprint density at radius 3 is 1.36 bits per heavy atom. The Kier molecular flexibility index (Phi) is 17.1. The molecule has 0 unspecified atom stereocenters. The number of hydrogen-bond acceptors (Lipinski definition) is 0. The van der Waals surface area contributed by atoms with Crippen LogP contribution in [0.3, 0.4) is 0 Å². The van der Waals surface area contributed by atoms with Crippen molar-refractivity contribution in [3.8, 4) is 0 Å². The van der Waals surface area contributed by atoms with Gasteiger partial charge < -0.3 is 0 Å². The van der Waals surface area contributed by atoms with Gasteiger partial charge in [-0.05, 0) is 0 Å². The fourth-order valence-corrected chi connectivity index (χ4v) is 8.76. The van der Waals surface area contributed by atoms with E-state index in [0.29, 0.717) is 0 Å². The van der Waals surface area contributed by atoms with Gasteiger partial charge in [0.2, 0.25) is 0 Å². The van der Waals surface area contributed by atoms with Gasteiger partial charge in [0.25, 0.3) is 0 Å². The van der Waals surface area contributed by atoms with Gasteiger partial charge in [0.15, 0.2) is 0 Å². The van der Waals surface area contributed by atoms with E-state index in [1.165, 1.54) is 49.2 Å². The van der Waals surface area contributed by atoms with Crippen LogP contribution in [-0.4, -0.2) is 36.9 Å². The van der Waals surface area contributed by atoms with Gasteiger partial charge in [-0.15, -0.1) is 0 Å². The number of rotatable bonds is 11. The minimum absolute atomic E-state index is 1.01. The molecule has 0 aliphatic carbocycles. The van der Waals surface area contributed by atoms with Crippen molar-refractivity contribution >= 4 is 58.1 Å². The van der Waals surface area contributed by atoms with Gasteiger partial charge in [0.1, 0.15) is 0 Å². The van der Waals surface area contributed by atoms with Gasteiger partial charge in [0, 0.05) is 0 Å². The second-order valence-electron chi connectivity index (χ2n) is 3.14. The third kappa shape index (κ3) is 14.0. The summed E-state index contributed by atoms with van der Waals surface area (Å²) >= 11 is 8.96. The molecule has 0 atom stereocenters. The first-order chi connectivity index (χ1) is 6.91. The molecule has 0 radical (unpaired) electrons. The molecule has 0 aromatic heterocycles. The zero-order valence-corrected chi connectivity index (χ0v) is 15.2. The Balaban J connectivity index is 2.78. The quantitative estimate of drug-likeness (QED) is 0.247. The molecule has 0 saturated heterocycles. The molecular formula is C10H20Br2Se2. The molecule has 0 heterocycles. The van der Waals surface area contributed by atoms with Crippen molar-refractivity contribution in [1.29, 1.82) is 0 Å². The van der Waals surface area contributed by atoms with Gasteiger partial charge in [-0.1, -0.05) is 0 Å². The molecule has 0 aliphatic heterocycles. The first-order valence-electron chi connectivity index (χ1n) is 5.28. The predicted octanol–water partition coefficient (Wildman–Crippen LogP) is 4.28. The first kappa shape index (κ1) is 16.0. The van der Waals surface area contributed by atoms with Gasteiger partial charge in [-0.3, -0.25) is 0 Å². The molecular weight excluding hydrogens is 438 g/mol. The van der Waals surface area contributed by atoms with Gasteiger partial charge in [-0.25, -0.2) is 0 Å². The van der Waals surface area contributed by atoms with Crippen LogP contribution in [0.5, 0.6) is 0 Å². The Bertz CT molecular complexity index is 90.1. The summed E-state index contributed by atoms with van der Waals surface area (Å²) in [6.07, 6.45) is 8.57. The van der Waals surface area contributed by atoms with Crippen molar-refractivity contribution in [3.63, 3.8) is 0 Å². The van der Waals surface area contributed by atoms with E-state index in [2.05, 4.69) is 31.9 Å². The van der Waals surface area contributed by atoms with Crippen LogP contribution in [0, 0.1) is 0 Å². The van der Waals surface area contributed by atoms with Crippen LogP contribution < -0.4 is 0 Å². The van der Waals surface area contributed by atoms with E-state index >= 15 is 0 Å². The van der Waals surface area contributed by atoms with Crippen molar-refractivity contribution in [2.45, 2.75) is 49.2 Å². The molecule has 86 valence electrons. The summed E-state index contributed by atoms with van der Waals surface area (Å²) in [6, 6.07) is 0. The second-order valence-corrected chi connectivity index (χ2v) is 12.6. The monoisotopic (exact) mass is 458 g/mol. The Morgan fingerprint density at radius 1 is 0.571 bits per heavy atom. The summed E-state index contributed by atoms with van der Waals surface area (Å²) in [7, 11) is 0. The van der Waals surface area contributed by atoms with Crippen LogP contribution in [0.4, 0.5) is 0 Å². The van der Waals surface area contributed by atoms with Crippen LogP contribution >= 0.6 is 31.9 Å². The van der Waals surface area contributed by atoms with E-state index in [9.17, 15) is 0 Å². The molecule has 0 aromatic rings. The van der Waals surface area contributed by atoms with E-state index in [0.717, 1.165) is 26.3 Å². The fraction of sp³-hybridized carbons (Fsp3) is 1.00. The van der Waals surface area contributed by atoms with Gasteiger partial charge in [0.05, 0.1) is 0 Å². The molecule has 0 amide bonds. The normalized spacial score (nSPS) is 10.7. The molecule has 0 nitrogen and oxygen atoms in total. The molecule has 0 aromatic carbocycles. The zero-order valence-electron chi connectivity index (χ0n) is 8.64. The topological polar surface area (TPSA) is 0 Å². The van der Waals surface area contributed by atoms with Crippen molar-refractivity contribution in [3.05, 3.63) is 0 Å². The molecule has 0 fully saturated rings. The summed E-state index contributed by atoms with van der Waals surface area (Å²) in [5.41, 5.74) is 0. The average molecular weight is 458 g/mol. The van der Waals surface area contributed by atoms with E-state index < -0.39 is 0 Å². The van der Waals surface area contributed by atoms with Crippen molar-refractivity contribution in [2.24, 2.45) is 0 Å². The Labute approximate surface area is 117 Å². The zero-order chi connectivity index (χ0) is 10.5. The number of halogens is 2. The van der Waals surface area contributed by atoms with Crippen molar-refractivity contribution in [2.75, 3.05) is 10.7 Å². The number of alkyl halides is 2. The molecule has 14 heavy (non-hydrogen) atoms. The van der Waals surface area contributed by atoms with Crippen LogP contribution in [0.2, 0.25) is 10.6 Å². The Hall–Kier alpha value is 2.00. The molecule has 0 spiro atoms. The molecule has 0 bridgehead atoms. The number of unbranched alkanes of at least 4 members (excludes halogenated alkanes) is 4. The minimum atomic E-state index is 1.01. The molecule has 0 aliphatic rings. The summed E-state index contributed by atoms with van der Waals surface area (Å²) in [5, 5.41) is 5.46. The van der Waals surface area contributed by atoms with Crippen LogP contribution in [0.25, 0.3) is 0 Å². The van der Waals surface area contributed by atoms with E-state index in [4.69, 9.17) is 0 Å².